The number of alkyl halides is 3. The number of hydrogen-bond donors (Lipinski definition) is 0. The summed E-state index contributed by atoms with van der Waals surface area (Å²) in [5.41, 5.74) is -0.113. The minimum atomic E-state index is -4.82. The van der Waals surface area contributed by atoms with E-state index >= 15 is 0 Å². The van der Waals surface area contributed by atoms with E-state index in [4.69, 9.17) is 5.26 Å². The molecule has 0 saturated heterocycles. The van der Waals surface area contributed by atoms with Crippen molar-refractivity contribution in [2.45, 2.75) is 6.36 Å². The van der Waals surface area contributed by atoms with Crippen molar-refractivity contribution in [2.75, 3.05) is 0 Å². The van der Waals surface area contributed by atoms with E-state index in [1.54, 1.807) is 28.7 Å². The summed E-state index contributed by atoms with van der Waals surface area (Å²) in [5, 5.41) is 8.56. The molecule has 8 heteroatoms. The van der Waals surface area contributed by atoms with Gasteiger partial charge in [-0.3, -0.25) is 0 Å². The molecule has 0 aliphatic rings. The van der Waals surface area contributed by atoms with Crippen LogP contribution in [0.3, 0.4) is 0 Å². The smallest absolute Gasteiger partial charge is 0.387 e. The van der Waals surface area contributed by atoms with Crippen molar-refractivity contribution >= 4 is 38.5 Å². The zero-order chi connectivity index (χ0) is 11.6. The number of ether oxygens (including phenoxy) is 1. The Morgan fingerprint density at radius 2 is 2.13 bits per heavy atom. The zero-order valence-electron chi connectivity index (χ0n) is 6.77. The average Bonchev–Trinajstić information content (AvgIpc) is 2.07. The molecule has 0 aliphatic carbocycles. The van der Waals surface area contributed by atoms with Crippen molar-refractivity contribution in [3.05, 3.63) is 19.8 Å². The summed E-state index contributed by atoms with van der Waals surface area (Å²) in [6, 6.07) is 2.99. The van der Waals surface area contributed by atoms with Crippen molar-refractivity contribution in [3.8, 4) is 11.9 Å². The molecule has 0 spiro atoms. The Bertz CT molecular complexity index is 429. The first kappa shape index (κ1) is 12.5. The lowest BCUT2D eigenvalue weighted by molar-refractivity contribution is -0.276. The average molecular weight is 393 g/mol. The summed E-state index contributed by atoms with van der Waals surface area (Å²) < 4.78 is 39.8. The van der Waals surface area contributed by atoms with Crippen LogP contribution in [0.2, 0.25) is 0 Å². The van der Waals surface area contributed by atoms with Gasteiger partial charge in [-0.05, 0) is 44.6 Å². The van der Waals surface area contributed by atoms with Crippen molar-refractivity contribution in [1.82, 2.24) is 4.98 Å². The normalized spacial score (nSPS) is 10.9. The molecule has 0 amide bonds. The first-order chi connectivity index (χ1) is 6.83. The zero-order valence-corrected chi connectivity index (χ0v) is 10.5. The molecule has 1 heterocycles. The predicted octanol–water partition coefficient (Wildman–Crippen LogP) is 3.22. The third-order valence-electron chi connectivity index (χ3n) is 1.22. The van der Waals surface area contributed by atoms with Gasteiger partial charge < -0.3 is 4.74 Å². The molecule has 1 aromatic heterocycles. The molecule has 80 valence electrons. The molecule has 1 rings (SSSR count). The highest BCUT2D eigenvalue weighted by molar-refractivity contribution is 14.1. The standard InChI is InChI=1S/C7HBrF3IN2O/c8-3-1-4(12)5(2-13)14-6(3)15-7(9,10)11/h1H. The minimum Gasteiger partial charge on any atom is -0.387 e. The molecular weight excluding hydrogens is 392 g/mol. The van der Waals surface area contributed by atoms with Gasteiger partial charge in [0.15, 0.2) is 5.69 Å². The molecule has 0 radical (unpaired) electrons. The number of hydrogen-bond acceptors (Lipinski definition) is 3. The van der Waals surface area contributed by atoms with Gasteiger partial charge in [-0.2, -0.15) is 5.26 Å². The number of pyridine rings is 1. The predicted molar refractivity (Wildman–Crippen MR) is 56.1 cm³/mol. The maximum atomic E-state index is 11.9. The Morgan fingerprint density at radius 3 is 2.60 bits per heavy atom. The van der Waals surface area contributed by atoms with E-state index in [-0.39, 0.29) is 10.2 Å². The van der Waals surface area contributed by atoms with E-state index in [2.05, 4.69) is 25.7 Å². The summed E-state index contributed by atoms with van der Waals surface area (Å²) >= 11 is 4.65. The molecule has 0 aliphatic heterocycles. The van der Waals surface area contributed by atoms with E-state index < -0.39 is 12.2 Å². The van der Waals surface area contributed by atoms with Crippen LogP contribution >= 0.6 is 38.5 Å². The summed E-state index contributed by atoms with van der Waals surface area (Å²) in [5.74, 6) is -0.667. The van der Waals surface area contributed by atoms with Gasteiger partial charge in [-0.25, -0.2) is 4.98 Å². The van der Waals surface area contributed by atoms with E-state index in [0.29, 0.717) is 3.57 Å². The largest absolute Gasteiger partial charge is 0.574 e. The molecule has 1 aromatic rings. The molecular formula is C7HBrF3IN2O. The molecule has 3 nitrogen and oxygen atoms in total. The van der Waals surface area contributed by atoms with Gasteiger partial charge in [-0.1, -0.05) is 0 Å². The molecule has 0 aromatic carbocycles. The van der Waals surface area contributed by atoms with E-state index in [0.717, 1.165) is 0 Å². The van der Waals surface area contributed by atoms with Crippen LogP contribution in [0.1, 0.15) is 5.69 Å². The van der Waals surface area contributed by atoms with Crippen molar-refractivity contribution in [2.24, 2.45) is 0 Å². The SMILES string of the molecule is N#Cc1nc(OC(F)(F)F)c(Br)cc1I. The van der Waals surface area contributed by atoms with Gasteiger partial charge in [0.2, 0.25) is 5.88 Å². The summed E-state index contributed by atoms with van der Waals surface area (Å²) in [4.78, 5) is 3.42. The summed E-state index contributed by atoms with van der Waals surface area (Å²) in [7, 11) is 0. The Hall–Kier alpha value is -0.560. The van der Waals surface area contributed by atoms with Crippen LogP contribution in [0.25, 0.3) is 0 Å². The highest BCUT2D eigenvalue weighted by atomic mass is 127. The fourth-order valence-corrected chi connectivity index (χ4v) is 2.09. The van der Waals surface area contributed by atoms with Crippen LogP contribution in [0.5, 0.6) is 5.88 Å². The van der Waals surface area contributed by atoms with Crippen LogP contribution < -0.4 is 4.74 Å². The monoisotopic (exact) mass is 392 g/mol. The van der Waals surface area contributed by atoms with Gasteiger partial charge in [0, 0.05) is 0 Å². The molecule has 0 unspecified atom stereocenters. The third-order valence-corrected chi connectivity index (χ3v) is 2.61. The highest BCUT2D eigenvalue weighted by Crippen LogP contribution is 2.30. The topological polar surface area (TPSA) is 45.9 Å². The van der Waals surface area contributed by atoms with Gasteiger partial charge in [-0.15, -0.1) is 13.2 Å². The highest BCUT2D eigenvalue weighted by Gasteiger charge is 2.33. The first-order valence-corrected chi connectivity index (χ1v) is 5.22. The summed E-state index contributed by atoms with van der Waals surface area (Å²) in [6.45, 7) is 0. The van der Waals surface area contributed by atoms with Crippen molar-refractivity contribution < 1.29 is 17.9 Å². The molecule has 0 atom stereocenters. The number of aromatic nitrogens is 1. The lowest BCUT2D eigenvalue weighted by Gasteiger charge is -2.09. The molecule has 0 saturated carbocycles. The fraction of sp³-hybridized carbons (Fsp3) is 0.143. The second-order valence-corrected chi connectivity index (χ2v) is 4.28. The summed E-state index contributed by atoms with van der Waals surface area (Å²) in [6.07, 6.45) is -4.82. The van der Waals surface area contributed by atoms with Gasteiger partial charge in [0.1, 0.15) is 6.07 Å². The second kappa shape index (κ2) is 4.52. The van der Waals surface area contributed by atoms with Crippen LogP contribution in [-0.4, -0.2) is 11.3 Å². The lowest BCUT2D eigenvalue weighted by Crippen LogP contribution is -2.18. The minimum absolute atomic E-state index is 0.0447. The maximum Gasteiger partial charge on any atom is 0.574 e. The molecule has 0 N–H and O–H groups in total. The Balaban J connectivity index is 3.15. The van der Waals surface area contributed by atoms with Crippen molar-refractivity contribution in [3.63, 3.8) is 0 Å². The first-order valence-electron chi connectivity index (χ1n) is 3.35. The number of rotatable bonds is 1. The fourth-order valence-electron chi connectivity index (χ4n) is 0.709. The van der Waals surface area contributed by atoms with Gasteiger partial charge >= 0.3 is 6.36 Å². The number of nitrogens with zero attached hydrogens (tertiary/aromatic N) is 2. The van der Waals surface area contributed by atoms with Crippen LogP contribution in [0.15, 0.2) is 10.5 Å². The number of nitriles is 1. The van der Waals surface area contributed by atoms with Gasteiger partial charge in [0.05, 0.1) is 8.04 Å². The second-order valence-electron chi connectivity index (χ2n) is 2.27. The van der Waals surface area contributed by atoms with Crippen LogP contribution in [0.4, 0.5) is 13.2 Å². The molecule has 0 bridgehead atoms. The Kier molecular flexibility index (Phi) is 3.77. The van der Waals surface area contributed by atoms with Crippen LogP contribution in [-0.2, 0) is 0 Å². The Labute approximate surface area is 105 Å². The molecule has 0 fully saturated rings. The maximum absolute atomic E-state index is 11.9. The lowest BCUT2D eigenvalue weighted by atomic mass is 10.4. The van der Waals surface area contributed by atoms with E-state index in [1.807, 2.05) is 0 Å². The molecule has 15 heavy (non-hydrogen) atoms. The Morgan fingerprint density at radius 1 is 1.53 bits per heavy atom. The third kappa shape index (κ3) is 3.49. The van der Waals surface area contributed by atoms with Crippen LogP contribution in [0, 0.1) is 14.9 Å². The quantitative estimate of drug-likeness (QED) is 0.689. The van der Waals surface area contributed by atoms with E-state index in [1.165, 1.54) is 6.07 Å². The van der Waals surface area contributed by atoms with Gasteiger partial charge in [0.25, 0.3) is 0 Å². The number of halogens is 5. The van der Waals surface area contributed by atoms with E-state index in [9.17, 15) is 13.2 Å². The van der Waals surface area contributed by atoms with Crippen molar-refractivity contribution in [1.29, 1.82) is 5.26 Å².